The van der Waals surface area contributed by atoms with Gasteiger partial charge in [0.25, 0.3) is 5.69 Å². The number of nitro benzene ring substituents is 1. The van der Waals surface area contributed by atoms with E-state index >= 15 is 0 Å². The molecular weight excluding hydrogens is 394 g/mol. The molecule has 1 amide bonds. The molecule has 0 saturated heterocycles. The van der Waals surface area contributed by atoms with Gasteiger partial charge in [0.1, 0.15) is 17.2 Å². The van der Waals surface area contributed by atoms with Crippen molar-refractivity contribution in [2.24, 2.45) is 0 Å². The van der Waals surface area contributed by atoms with Crippen LogP contribution in [-0.4, -0.2) is 21.8 Å². The molecule has 0 aliphatic rings. The maximum atomic E-state index is 12.1. The summed E-state index contributed by atoms with van der Waals surface area (Å²) in [6, 6.07) is 13.0. The number of nitro groups is 1. The van der Waals surface area contributed by atoms with Gasteiger partial charge in [-0.1, -0.05) is 29.8 Å². The molecule has 0 radical (unpaired) electrons. The van der Waals surface area contributed by atoms with Gasteiger partial charge in [-0.05, 0) is 25.1 Å². The predicted octanol–water partition coefficient (Wildman–Crippen LogP) is 3.90. The number of hydrogen-bond acceptors (Lipinski definition) is 7. The first-order valence-electron chi connectivity index (χ1n) is 8.62. The normalized spacial score (nSPS) is 10.4. The summed E-state index contributed by atoms with van der Waals surface area (Å²) in [7, 11) is 0. The summed E-state index contributed by atoms with van der Waals surface area (Å²) in [5.41, 5.74) is 1.84. The Kier molecular flexibility index (Phi) is 6.30. The molecule has 9 heteroatoms. The Hall–Kier alpha value is -3.59. The highest BCUT2D eigenvalue weighted by Gasteiger charge is 2.20. The van der Waals surface area contributed by atoms with Crippen molar-refractivity contribution in [1.29, 1.82) is 0 Å². The number of nitrogens with one attached hydrogen (secondary N) is 1. The number of anilines is 1. The Morgan fingerprint density at radius 2 is 1.90 bits per heavy atom. The molecule has 0 bridgehead atoms. The number of thiazole rings is 1. The van der Waals surface area contributed by atoms with Crippen molar-refractivity contribution in [2.75, 3.05) is 5.32 Å². The Morgan fingerprint density at radius 1 is 1.17 bits per heavy atom. The van der Waals surface area contributed by atoms with E-state index in [9.17, 15) is 19.7 Å². The highest BCUT2D eigenvalue weighted by molar-refractivity contribution is 7.09. The number of hydrogen-bond donors (Lipinski definition) is 1. The molecule has 2 aromatic carbocycles. The molecule has 8 nitrogen and oxygen atoms in total. The van der Waals surface area contributed by atoms with Gasteiger partial charge in [-0.15, -0.1) is 11.3 Å². The number of ether oxygens (including phenoxy) is 1. The van der Waals surface area contributed by atoms with Gasteiger partial charge in [-0.2, -0.15) is 0 Å². The molecule has 29 heavy (non-hydrogen) atoms. The molecule has 0 atom stereocenters. The standard InChI is InChI=1S/C20H17N3O5S/c1-13-6-8-14(9-7-13)21-18(24)10-19-22-15(12-29-19)11-28-20(25)16-4-2-3-5-17(16)23(26)27/h2-9,12H,10-11H2,1H3,(H,21,24). The molecule has 0 saturated carbocycles. The van der Waals surface area contributed by atoms with Crippen LogP contribution < -0.4 is 5.32 Å². The lowest BCUT2D eigenvalue weighted by atomic mass is 10.2. The third-order valence-corrected chi connectivity index (χ3v) is 4.82. The Bertz CT molecular complexity index is 1050. The van der Waals surface area contributed by atoms with Crippen molar-refractivity contribution in [3.05, 3.63) is 85.9 Å². The first-order chi connectivity index (χ1) is 13.9. The highest BCUT2D eigenvalue weighted by Crippen LogP contribution is 2.20. The van der Waals surface area contributed by atoms with Crippen molar-refractivity contribution in [1.82, 2.24) is 4.98 Å². The number of aromatic nitrogens is 1. The van der Waals surface area contributed by atoms with Gasteiger partial charge < -0.3 is 10.1 Å². The van der Waals surface area contributed by atoms with Crippen molar-refractivity contribution >= 4 is 34.6 Å². The van der Waals surface area contributed by atoms with Crippen LogP contribution in [0.4, 0.5) is 11.4 Å². The first-order valence-corrected chi connectivity index (χ1v) is 9.50. The molecule has 0 unspecified atom stereocenters. The monoisotopic (exact) mass is 411 g/mol. The summed E-state index contributed by atoms with van der Waals surface area (Å²) in [5.74, 6) is -1.00. The quantitative estimate of drug-likeness (QED) is 0.359. The van der Waals surface area contributed by atoms with Gasteiger partial charge >= 0.3 is 5.97 Å². The molecule has 3 rings (SSSR count). The second-order valence-corrected chi connectivity index (χ2v) is 7.12. The number of benzene rings is 2. The molecular formula is C20H17N3O5S. The number of carbonyl (C=O) groups excluding carboxylic acids is 2. The van der Waals surface area contributed by atoms with Crippen LogP contribution in [0.5, 0.6) is 0 Å². The van der Waals surface area contributed by atoms with Crippen LogP contribution in [0.3, 0.4) is 0 Å². The van der Waals surface area contributed by atoms with E-state index < -0.39 is 10.9 Å². The molecule has 3 aromatic rings. The number of para-hydroxylation sites is 1. The maximum absolute atomic E-state index is 12.1. The van der Waals surface area contributed by atoms with Crippen LogP contribution in [0.25, 0.3) is 0 Å². The van der Waals surface area contributed by atoms with Crippen molar-refractivity contribution < 1.29 is 19.2 Å². The van der Waals surface area contributed by atoms with Gasteiger partial charge in [0, 0.05) is 17.1 Å². The Labute approximate surface area is 170 Å². The van der Waals surface area contributed by atoms with Crippen molar-refractivity contribution in [2.45, 2.75) is 20.0 Å². The minimum absolute atomic E-state index is 0.0939. The molecule has 0 aliphatic heterocycles. The van der Waals surface area contributed by atoms with E-state index in [-0.39, 0.29) is 30.2 Å². The van der Waals surface area contributed by atoms with Gasteiger partial charge in [-0.25, -0.2) is 9.78 Å². The number of nitrogens with zero attached hydrogens (tertiary/aromatic N) is 2. The third-order valence-electron chi connectivity index (χ3n) is 3.92. The van der Waals surface area contributed by atoms with Crippen LogP contribution in [-0.2, 0) is 22.6 Å². The number of aryl methyl sites for hydroxylation is 1. The summed E-state index contributed by atoms with van der Waals surface area (Å²) >= 11 is 1.27. The summed E-state index contributed by atoms with van der Waals surface area (Å²) in [6.07, 6.45) is 0.0939. The molecule has 1 N–H and O–H groups in total. The largest absolute Gasteiger partial charge is 0.455 e. The van der Waals surface area contributed by atoms with Gasteiger partial charge in [0.05, 0.1) is 17.0 Å². The number of amides is 1. The average molecular weight is 411 g/mol. The van der Waals surface area contributed by atoms with Crippen LogP contribution in [0.2, 0.25) is 0 Å². The molecule has 0 aliphatic carbocycles. The summed E-state index contributed by atoms with van der Waals surface area (Å²) in [5, 5.41) is 16.1. The van der Waals surface area contributed by atoms with Crippen LogP contribution >= 0.6 is 11.3 Å². The SMILES string of the molecule is Cc1ccc(NC(=O)Cc2nc(COC(=O)c3ccccc3[N+](=O)[O-])cs2)cc1. The molecule has 1 aromatic heterocycles. The van der Waals surface area contributed by atoms with Crippen LogP contribution in [0.1, 0.15) is 26.6 Å². The molecule has 148 valence electrons. The second kappa shape index (κ2) is 9.07. The van der Waals surface area contributed by atoms with E-state index in [1.807, 2.05) is 31.2 Å². The molecule has 0 fully saturated rings. The zero-order chi connectivity index (χ0) is 20.8. The maximum Gasteiger partial charge on any atom is 0.345 e. The van der Waals surface area contributed by atoms with Crippen LogP contribution in [0, 0.1) is 17.0 Å². The lowest BCUT2D eigenvalue weighted by Gasteiger charge is -2.04. The van der Waals surface area contributed by atoms with Gasteiger partial charge in [0.15, 0.2) is 0 Å². The fraction of sp³-hybridized carbons (Fsp3) is 0.150. The topological polar surface area (TPSA) is 111 Å². The first kappa shape index (κ1) is 20.2. The molecule has 1 heterocycles. The molecule has 0 spiro atoms. The van der Waals surface area contributed by atoms with E-state index in [2.05, 4.69) is 10.3 Å². The van der Waals surface area contributed by atoms with E-state index in [0.29, 0.717) is 16.4 Å². The van der Waals surface area contributed by atoms with Gasteiger partial charge in [-0.3, -0.25) is 14.9 Å². The number of esters is 1. The number of carbonyl (C=O) groups is 2. The second-order valence-electron chi connectivity index (χ2n) is 6.17. The fourth-order valence-corrected chi connectivity index (χ4v) is 3.28. The summed E-state index contributed by atoms with van der Waals surface area (Å²) < 4.78 is 5.13. The van der Waals surface area contributed by atoms with E-state index in [4.69, 9.17) is 4.74 Å². The Morgan fingerprint density at radius 3 is 2.62 bits per heavy atom. The average Bonchev–Trinajstić information content (AvgIpc) is 3.15. The van der Waals surface area contributed by atoms with E-state index in [1.165, 1.54) is 35.6 Å². The summed E-state index contributed by atoms with van der Waals surface area (Å²) in [6.45, 7) is 1.83. The van der Waals surface area contributed by atoms with Crippen molar-refractivity contribution in [3.63, 3.8) is 0 Å². The van der Waals surface area contributed by atoms with E-state index in [0.717, 1.165) is 5.56 Å². The lowest BCUT2D eigenvalue weighted by Crippen LogP contribution is -2.14. The number of rotatable bonds is 7. The van der Waals surface area contributed by atoms with Crippen LogP contribution in [0.15, 0.2) is 53.9 Å². The minimum Gasteiger partial charge on any atom is -0.455 e. The smallest absolute Gasteiger partial charge is 0.345 e. The minimum atomic E-state index is -0.802. The third kappa shape index (κ3) is 5.45. The summed E-state index contributed by atoms with van der Waals surface area (Å²) in [4.78, 5) is 38.9. The Balaban J connectivity index is 1.55. The fourth-order valence-electron chi connectivity index (χ4n) is 2.50. The predicted molar refractivity (Wildman–Crippen MR) is 108 cm³/mol. The van der Waals surface area contributed by atoms with Gasteiger partial charge in [0.2, 0.25) is 5.91 Å². The highest BCUT2D eigenvalue weighted by atomic mass is 32.1. The zero-order valence-electron chi connectivity index (χ0n) is 15.5. The van der Waals surface area contributed by atoms with E-state index in [1.54, 1.807) is 5.38 Å². The van der Waals surface area contributed by atoms with Crippen molar-refractivity contribution in [3.8, 4) is 0 Å². The lowest BCUT2D eigenvalue weighted by molar-refractivity contribution is -0.385. The zero-order valence-corrected chi connectivity index (χ0v) is 16.3.